The molecule has 0 saturated heterocycles. The van der Waals surface area contributed by atoms with Crippen molar-refractivity contribution < 1.29 is 14.6 Å². The lowest BCUT2D eigenvalue weighted by Gasteiger charge is -2.24. The highest BCUT2D eigenvalue weighted by molar-refractivity contribution is 5.75. The number of para-hydroxylation sites is 1. The van der Waals surface area contributed by atoms with Gasteiger partial charge in [-0.3, -0.25) is 4.79 Å². The van der Waals surface area contributed by atoms with E-state index in [0.29, 0.717) is 0 Å². The maximum absolute atomic E-state index is 11.3. The number of carboxylic acids is 1. The minimum absolute atomic E-state index is 0.285. The average Bonchev–Trinajstić information content (AvgIpc) is 2.78. The molecule has 3 heteroatoms. The summed E-state index contributed by atoms with van der Waals surface area (Å²) in [6.07, 6.45) is 3.44. The van der Waals surface area contributed by atoms with Crippen LogP contribution >= 0.6 is 0 Å². The zero-order valence-corrected chi connectivity index (χ0v) is 10.1. The van der Waals surface area contributed by atoms with Crippen molar-refractivity contribution in [3.63, 3.8) is 0 Å². The van der Waals surface area contributed by atoms with Crippen LogP contribution in [0, 0.1) is 12.3 Å². The SMILES string of the molecule is Cc1ccccc1OCC1(C(=O)O)CCCC1. The van der Waals surface area contributed by atoms with Crippen LogP contribution in [0.4, 0.5) is 0 Å². The molecule has 1 aromatic rings. The molecule has 0 atom stereocenters. The normalized spacial score (nSPS) is 17.9. The van der Waals surface area contributed by atoms with Crippen LogP contribution in [-0.4, -0.2) is 17.7 Å². The molecule has 1 fully saturated rings. The molecule has 1 N–H and O–H groups in total. The molecule has 92 valence electrons. The van der Waals surface area contributed by atoms with Crippen LogP contribution in [0.2, 0.25) is 0 Å². The first-order chi connectivity index (χ1) is 8.14. The van der Waals surface area contributed by atoms with Gasteiger partial charge in [0.2, 0.25) is 0 Å². The van der Waals surface area contributed by atoms with E-state index in [1.54, 1.807) is 0 Å². The number of benzene rings is 1. The Morgan fingerprint density at radius 2 is 2.00 bits per heavy atom. The molecule has 0 bridgehead atoms. The van der Waals surface area contributed by atoms with Gasteiger partial charge in [0.1, 0.15) is 17.8 Å². The number of aryl methyl sites for hydroxylation is 1. The first-order valence-electron chi connectivity index (χ1n) is 6.06. The molecule has 1 aliphatic rings. The van der Waals surface area contributed by atoms with Crippen molar-refractivity contribution in [1.29, 1.82) is 0 Å². The second-order valence-corrected chi connectivity index (χ2v) is 4.85. The standard InChI is InChI=1S/C14H18O3/c1-11-6-2-3-7-12(11)17-10-14(13(15)16)8-4-5-9-14/h2-3,6-7H,4-5,8-10H2,1H3,(H,15,16). The molecule has 0 spiro atoms. The predicted octanol–water partition coefficient (Wildman–Crippen LogP) is 3.02. The molecule has 1 aliphatic carbocycles. The van der Waals surface area contributed by atoms with Gasteiger partial charge >= 0.3 is 5.97 Å². The Balaban J connectivity index is 2.06. The molecule has 0 aromatic heterocycles. The topological polar surface area (TPSA) is 46.5 Å². The number of aliphatic carboxylic acids is 1. The van der Waals surface area contributed by atoms with Gasteiger partial charge in [-0.05, 0) is 31.4 Å². The molecule has 0 aliphatic heterocycles. The Morgan fingerprint density at radius 1 is 1.35 bits per heavy atom. The van der Waals surface area contributed by atoms with Gasteiger partial charge in [0.25, 0.3) is 0 Å². The van der Waals surface area contributed by atoms with Crippen LogP contribution in [0.3, 0.4) is 0 Å². The zero-order valence-electron chi connectivity index (χ0n) is 10.1. The van der Waals surface area contributed by atoms with Gasteiger partial charge in [-0.2, -0.15) is 0 Å². The van der Waals surface area contributed by atoms with Gasteiger partial charge in [0.05, 0.1) is 0 Å². The Bertz CT molecular complexity index is 406. The lowest BCUT2D eigenvalue weighted by Crippen LogP contribution is -2.34. The van der Waals surface area contributed by atoms with E-state index < -0.39 is 11.4 Å². The second kappa shape index (κ2) is 4.78. The van der Waals surface area contributed by atoms with E-state index in [-0.39, 0.29) is 6.61 Å². The summed E-state index contributed by atoms with van der Waals surface area (Å²) in [5, 5.41) is 9.33. The minimum atomic E-state index is -0.719. The highest BCUT2D eigenvalue weighted by atomic mass is 16.5. The summed E-state index contributed by atoms with van der Waals surface area (Å²) >= 11 is 0. The fourth-order valence-corrected chi connectivity index (χ4v) is 2.41. The van der Waals surface area contributed by atoms with E-state index in [4.69, 9.17) is 4.74 Å². The van der Waals surface area contributed by atoms with Crippen LogP contribution in [0.5, 0.6) is 5.75 Å². The summed E-state index contributed by atoms with van der Waals surface area (Å²) in [5.41, 5.74) is 0.383. The first kappa shape index (κ1) is 12.0. The number of hydrogen-bond acceptors (Lipinski definition) is 2. The molecule has 1 aromatic carbocycles. The predicted molar refractivity (Wildman–Crippen MR) is 65.2 cm³/mol. The van der Waals surface area contributed by atoms with Gasteiger partial charge in [-0.15, -0.1) is 0 Å². The zero-order chi connectivity index (χ0) is 12.3. The van der Waals surface area contributed by atoms with Crippen LogP contribution < -0.4 is 4.74 Å². The summed E-state index contributed by atoms with van der Waals surface area (Å²) < 4.78 is 5.70. The smallest absolute Gasteiger partial charge is 0.313 e. The third-order valence-corrected chi connectivity index (χ3v) is 3.61. The lowest BCUT2D eigenvalue weighted by atomic mass is 9.87. The maximum atomic E-state index is 11.3. The van der Waals surface area contributed by atoms with Crippen molar-refractivity contribution >= 4 is 5.97 Å². The van der Waals surface area contributed by atoms with E-state index >= 15 is 0 Å². The first-order valence-corrected chi connectivity index (χ1v) is 6.06. The van der Waals surface area contributed by atoms with Crippen LogP contribution in [0.1, 0.15) is 31.2 Å². The van der Waals surface area contributed by atoms with E-state index in [9.17, 15) is 9.90 Å². The van der Waals surface area contributed by atoms with Crippen molar-refractivity contribution in [3.8, 4) is 5.75 Å². The van der Waals surface area contributed by atoms with Crippen molar-refractivity contribution in [2.75, 3.05) is 6.61 Å². The summed E-state index contributed by atoms with van der Waals surface area (Å²) in [6.45, 7) is 2.25. The van der Waals surface area contributed by atoms with E-state index in [0.717, 1.165) is 37.0 Å². The van der Waals surface area contributed by atoms with Crippen LogP contribution in [0.25, 0.3) is 0 Å². The minimum Gasteiger partial charge on any atom is -0.492 e. The van der Waals surface area contributed by atoms with Gasteiger partial charge in [0.15, 0.2) is 0 Å². The Kier molecular flexibility index (Phi) is 3.36. The summed E-state index contributed by atoms with van der Waals surface area (Å²) in [7, 11) is 0. The van der Waals surface area contributed by atoms with Crippen molar-refractivity contribution in [2.45, 2.75) is 32.6 Å². The third kappa shape index (κ3) is 2.43. The quantitative estimate of drug-likeness (QED) is 0.871. The molecule has 17 heavy (non-hydrogen) atoms. The van der Waals surface area contributed by atoms with Gasteiger partial charge < -0.3 is 9.84 Å². The fourth-order valence-electron chi connectivity index (χ4n) is 2.41. The van der Waals surface area contributed by atoms with Gasteiger partial charge in [-0.1, -0.05) is 31.0 Å². The molecule has 2 rings (SSSR count). The third-order valence-electron chi connectivity index (χ3n) is 3.61. The van der Waals surface area contributed by atoms with Crippen molar-refractivity contribution in [3.05, 3.63) is 29.8 Å². The van der Waals surface area contributed by atoms with E-state index in [1.807, 2.05) is 31.2 Å². The summed E-state index contributed by atoms with van der Waals surface area (Å²) in [4.78, 5) is 11.3. The average molecular weight is 234 g/mol. The lowest BCUT2D eigenvalue weighted by molar-refractivity contribution is -0.150. The largest absolute Gasteiger partial charge is 0.492 e. The molecule has 3 nitrogen and oxygen atoms in total. The van der Waals surface area contributed by atoms with Crippen molar-refractivity contribution in [1.82, 2.24) is 0 Å². The van der Waals surface area contributed by atoms with Gasteiger partial charge in [-0.25, -0.2) is 0 Å². The number of carboxylic acid groups (broad SMARTS) is 1. The Morgan fingerprint density at radius 3 is 2.59 bits per heavy atom. The summed E-state index contributed by atoms with van der Waals surface area (Å²) in [5.74, 6) is 0.0728. The monoisotopic (exact) mass is 234 g/mol. The van der Waals surface area contributed by atoms with E-state index in [2.05, 4.69) is 0 Å². The molecular formula is C14H18O3. The molecular weight excluding hydrogens is 216 g/mol. The Labute approximate surface area is 101 Å². The maximum Gasteiger partial charge on any atom is 0.313 e. The van der Waals surface area contributed by atoms with Crippen LogP contribution in [-0.2, 0) is 4.79 Å². The van der Waals surface area contributed by atoms with Gasteiger partial charge in [0, 0.05) is 0 Å². The number of ether oxygens (including phenoxy) is 1. The fraction of sp³-hybridized carbons (Fsp3) is 0.500. The number of rotatable bonds is 4. The number of hydrogen-bond donors (Lipinski definition) is 1. The van der Waals surface area contributed by atoms with Crippen LogP contribution in [0.15, 0.2) is 24.3 Å². The highest BCUT2D eigenvalue weighted by Gasteiger charge is 2.42. The molecule has 1 saturated carbocycles. The molecule has 0 unspecified atom stereocenters. The second-order valence-electron chi connectivity index (χ2n) is 4.85. The summed E-state index contributed by atoms with van der Waals surface area (Å²) in [6, 6.07) is 7.71. The highest BCUT2D eigenvalue weighted by Crippen LogP contribution is 2.39. The molecule has 0 radical (unpaired) electrons. The molecule has 0 heterocycles. The Hall–Kier alpha value is -1.51. The van der Waals surface area contributed by atoms with Crippen molar-refractivity contribution in [2.24, 2.45) is 5.41 Å². The van der Waals surface area contributed by atoms with E-state index in [1.165, 1.54) is 0 Å². The number of carbonyl (C=O) groups is 1. The molecule has 0 amide bonds.